The highest BCUT2D eigenvalue weighted by Gasteiger charge is 2.28. The van der Waals surface area contributed by atoms with E-state index in [2.05, 4.69) is 23.9 Å². The number of amidine groups is 1. The molecule has 1 heterocycles. The van der Waals surface area contributed by atoms with Crippen LogP contribution >= 0.6 is 0 Å². The molecule has 0 spiro atoms. The van der Waals surface area contributed by atoms with Gasteiger partial charge in [0.05, 0.1) is 6.10 Å². The number of aliphatic hydroxyl groups is 1. The van der Waals surface area contributed by atoms with Crippen molar-refractivity contribution >= 4 is 5.84 Å². The molecule has 0 bridgehead atoms. The average Bonchev–Trinajstić information content (AvgIpc) is 2.29. The molecule has 0 saturated carbocycles. The van der Waals surface area contributed by atoms with Gasteiger partial charge in [0, 0.05) is 25.6 Å². The van der Waals surface area contributed by atoms with Crippen LogP contribution in [-0.2, 0) is 0 Å². The minimum Gasteiger partial charge on any atom is -0.409 e. The lowest BCUT2D eigenvalue weighted by Gasteiger charge is -2.39. The van der Waals surface area contributed by atoms with Crippen LogP contribution in [0.2, 0.25) is 0 Å². The van der Waals surface area contributed by atoms with Crippen LogP contribution in [0.5, 0.6) is 0 Å². The molecule has 1 aliphatic heterocycles. The van der Waals surface area contributed by atoms with Gasteiger partial charge in [-0.3, -0.25) is 4.90 Å². The lowest BCUT2D eigenvalue weighted by Crippen LogP contribution is -2.47. The van der Waals surface area contributed by atoms with E-state index in [1.54, 1.807) is 0 Å². The smallest absolute Gasteiger partial charge is 0.140 e. The molecular formula is C11H23N3O2. The predicted octanol–water partition coefficient (Wildman–Crippen LogP) is 0.604. The van der Waals surface area contributed by atoms with Crippen LogP contribution in [0.15, 0.2) is 5.16 Å². The maximum absolute atomic E-state index is 9.66. The Morgan fingerprint density at radius 2 is 2.31 bits per heavy atom. The Morgan fingerprint density at radius 1 is 1.62 bits per heavy atom. The molecule has 16 heavy (non-hydrogen) atoms. The molecule has 1 saturated heterocycles. The van der Waals surface area contributed by atoms with Crippen LogP contribution in [0.4, 0.5) is 0 Å². The van der Waals surface area contributed by atoms with Gasteiger partial charge in [-0.25, -0.2) is 0 Å². The van der Waals surface area contributed by atoms with Crippen molar-refractivity contribution in [3.8, 4) is 0 Å². The van der Waals surface area contributed by atoms with E-state index in [0.717, 1.165) is 25.9 Å². The van der Waals surface area contributed by atoms with E-state index in [-0.39, 0.29) is 11.9 Å². The van der Waals surface area contributed by atoms with Crippen molar-refractivity contribution in [3.63, 3.8) is 0 Å². The molecule has 4 N–H and O–H groups in total. The summed E-state index contributed by atoms with van der Waals surface area (Å²) in [6.07, 6.45) is 2.19. The third-order valence-electron chi connectivity index (χ3n) is 3.45. The number of likely N-dealkylation sites (tertiary alicyclic amines) is 1. The lowest BCUT2D eigenvalue weighted by molar-refractivity contribution is 0.0175. The summed E-state index contributed by atoms with van der Waals surface area (Å²) in [6, 6.07) is 0.311. The zero-order chi connectivity index (χ0) is 12.1. The average molecular weight is 229 g/mol. The van der Waals surface area contributed by atoms with Crippen molar-refractivity contribution in [2.45, 2.75) is 45.3 Å². The number of nitrogens with two attached hydrogens (primary N) is 1. The largest absolute Gasteiger partial charge is 0.409 e. The second-order valence-corrected chi connectivity index (χ2v) is 4.69. The first-order valence-electron chi connectivity index (χ1n) is 5.97. The summed E-state index contributed by atoms with van der Waals surface area (Å²) in [5.74, 6) is 0.584. The summed E-state index contributed by atoms with van der Waals surface area (Å²) in [7, 11) is 0. The molecule has 0 aromatic rings. The zero-order valence-corrected chi connectivity index (χ0v) is 10.1. The Hall–Kier alpha value is -0.810. The van der Waals surface area contributed by atoms with Crippen LogP contribution in [0, 0.1) is 5.92 Å². The molecule has 1 rings (SSSR count). The van der Waals surface area contributed by atoms with Gasteiger partial charge in [0.25, 0.3) is 0 Å². The van der Waals surface area contributed by atoms with Gasteiger partial charge in [-0.2, -0.15) is 0 Å². The SMILES string of the molecule is CCC(CC(N)=NO)N1CCC(O)C(C)C1. The highest BCUT2D eigenvalue weighted by atomic mass is 16.4. The van der Waals surface area contributed by atoms with Crippen molar-refractivity contribution in [1.82, 2.24) is 4.90 Å². The summed E-state index contributed by atoms with van der Waals surface area (Å²) in [5.41, 5.74) is 5.54. The van der Waals surface area contributed by atoms with E-state index >= 15 is 0 Å². The molecule has 5 nitrogen and oxygen atoms in total. The number of rotatable bonds is 4. The minimum absolute atomic E-state index is 0.183. The molecule has 1 aliphatic rings. The van der Waals surface area contributed by atoms with Gasteiger partial charge < -0.3 is 16.0 Å². The number of hydrogen-bond donors (Lipinski definition) is 3. The first-order valence-corrected chi connectivity index (χ1v) is 5.97. The third kappa shape index (κ3) is 3.35. The van der Waals surface area contributed by atoms with Crippen LogP contribution in [0.1, 0.15) is 33.1 Å². The fourth-order valence-electron chi connectivity index (χ4n) is 2.31. The van der Waals surface area contributed by atoms with Crippen molar-refractivity contribution in [3.05, 3.63) is 0 Å². The maximum atomic E-state index is 9.66. The summed E-state index contributed by atoms with van der Waals surface area (Å²) < 4.78 is 0. The minimum atomic E-state index is -0.183. The van der Waals surface area contributed by atoms with Crippen LogP contribution in [0.3, 0.4) is 0 Å². The zero-order valence-electron chi connectivity index (χ0n) is 10.1. The van der Waals surface area contributed by atoms with E-state index in [4.69, 9.17) is 10.9 Å². The third-order valence-corrected chi connectivity index (χ3v) is 3.45. The first-order chi connectivity index (χ1) is 7.58. The predicted molar refractivity (Wildman–Crippen MR) is 63.5 cm³/mol. The van der Waals surface area contributed by atoms with Gasteiger partial charge in [-0.15, -0.1) is 0 Å². The highest BCUT2D eigenvalue weighted by molar-refractivity contribution is 5.80. The summed E-state index contributed by atoms with van der Waals surface area (Å²) >= 11 is 0. The Morgan fingerprint density at radius 3 is 2.81 bits per heavy atom. The van der Waals surface area contributed by atoms with E-state index in [9.17, 15) is 5.11 Å². The summed E-state index contributed by atoms with van der Waals surface area (Å²) in [6.45, 7) is 5.94. The molecule has 0 radical (unpaired) electrons. The Bertz CT molecular complexity index is 245. The molecule has 3 unspecified atom stereocenters. The fourth-order valence-corrected chi connectivity index (χ4v) is 2.31. The molecule has 5 heteroatoms. The number of nitrogens with zero attached hydrogens (tertiary/aromatic N) is 2. The molecule has 3 atom stereocenters. The first kappa shape index (κ1) is 13.3. The van der Waals surface area contributed by atoms with E-state index in [1.807, 2.05) is 0 Å². The second kappa shape index (κ2) is 6.06. The molecule has 0 amide bonds. The highest BCUT2D eigenvalue weighted by Crippen LogP contribution is 2.21. The van der Waals surface area contributed by atoms with Crippen molar-refractivity contribution in [2.24, 2.45) is 16.8 Å². The number of hydrogen-bond acceptors (Lipinski definition) is 4. The number of aliphatic hydroxyl groups excluding tert-OH is 1. The number of piperidine rings is 1. The van der Waals surface area contributed by atoms with Crippen LogP contribution in [-0.4, -0.2) is 46.3 Å². The Labute approximate surface area is 96.9 Å². The van der Waals surface area contributed by atoms with Gasteiger partial charge in [-0.1, -0.05) is 19.0 Å². The van der Waals surface area contributed by atoms with E-state index in [0.29, 0.717) is 18.4 Å². The monoisotopic (exact) mass is 229 g/mol. The summed E-state index contributed by atoms with van der Waals surface area (Å²) in [5, 5.41) is 21.3. The van der Waals surface area contributed by atoms with Gasteiger partial charge in [-0.05, 0) is 18.8 Å². The second-order valence-electron chi connectivity index (χ2n) is 4.69. The topological polar surface area (TPSA) is 82.1 Å². The van der Waals surface area contributed by atoms with Crippen molar-refractivity contribution in [1.29, 1.82) is 0 Å². The molecule has 0 aromatic heterocycles. The Kier molecular flexibility index (Phi) is 5.02. The standard InChI is InChI=1S/C11H23N3O2/c1-3-9(6-11(12)13-16)14-5-4-10(15)8(2)7-14/h8-10,15-16H,3-7H2,1-2H3,(H2,12,13). The van der Waals surface area contributed by atoms with Crippen LogP contribution in [0.25, 0.3) is 0 Å². The molecule has 94 valence electrons. The fraction of sp³-hybridized carbons (Fsp3) is 0.909. The van der Waals surface area contributed by atoms with Crippen molar-refractivity contribution < 1.29 is 10.3 Å². The van der Waals surface area contributed by atoms with Gasteiger partial charge in [0.2, 0.25) is 0 Å². The molecular weight excluding hydrogens is 206 g/mol. The molecule has 0 aromatic carbocycles. The van der Waals surface area contributed by atoms with Gasteiger partial charge >= 0.3 is 0 Å². The maximum Gasteiger partial charge on any atom is 0.140 e. The lowest BCUT2D eigenvalue weighted by atomic mass is 9.94. The molecule has 0 aliphatic carbocycles. The quantitative estimate of drug-likeness (QED) is 0.285. The van der Waals surface area contributed by atoms with E-state index in [1.165, 1.54) is 0 Å². The van der Waals surface area contributed by atoms with Crippen LogP contribution < -0.4 is 5.73 Å². The Balaban J connectivity index is 2.53. The van der Waals surface area contributed by atoms with Gasteiger partial charge in [0.1, 0.15) is 5.84 Å². The summed E-state index contributed by atoms with van der Waals surface area (Å²) in [4.78, 5) is 2.33. The number of oxime groups is 1. The van der Waals surface area contributed by atoms with Gasteiger partial charge in [0.15, 0.2) is 0 Å². The van der Waals surface area contributed by atoms with E-state index < -0.39 is 0 Å². The van der Waals surface area contributed by atoms with Crippen molar-refractivity contribution in [2.75, 3.05) is 13.1 Å². The molecule has 1 fully saturated rings. The normalized spacial score (nSPS) is 30.3.